The topological polar surface area (TPSA) is 118 Å². The average molecular weight is 375 g/mol. The fourth-order valence-electron chi connectivity index (χ4n) is 2.61. The second-order valence-corrected chi connectivity index (χ2v) is 8.84. The van der Waals surface area contributed by atoms with E-state index in [2.05, 4.69) is 15.3 Å². The van der Waals surface area contributed by atoms with Crippen LogP contribution in [-0.2, 0) is 28.5 Å². The average Bonchev–Trinajstić information content (AvgIpc) is 2.96. The fraction of sp³-hybridized carbons (Fsp3) is 0.353. The van der Waals surface area contributed by atoms with Crippen molar-refractivity contribution in [1.29, 1.82) is 0 Å². The number of carbonyl (C=O) groups is 1. The number of nitrogens with one attached hydrogen (secondary N) is 1. The quantitative estimate of drug-likeness (QED) is 0.832. The summed E-state index contributed by atoms with van der Waals surface area (Å²) in [6.45, 7) is 6.88. The van der Waals surface area contributed by atoms with Crippen molar-refractivity contribution in [2.75, 3.05) is 5.32 Å². The minimum atomic E-state index is -3.83. The highest BCUT2D eigenvalue weighted by Gasteiger charge is 2.27. The third kappa shape index (κ3) is 3.83. The molecular weight excluding hydrogens is 354 g/mol. The fourth-order valence-corrected chi connectivity index (χ4v) is 3.17. The van der Waals surface area contributed by atoms with E-state index in [1.165, 1.54) is 18.2 Å². The first-order chi connectivity index (χ1) is 12.0. The highest BCUT2D eigenvalue weighted by molar-refractivity contribution is 7.89. The Labute approximate surface area is 152 Å². The molecule has 138 valence electrons. The summed E-state index contributed by atoms with van der Waals surface area (Å²) in [5, 5.41) is 7.81. The van der Waals surface area contributed by atoms with E-state index in [0.29, 0.717) is 18.8 Å². The second-order valence-electron chi connectivity index (χ2n) is 7.27. The first-order valence-corrected chi connectivity index (χ1v) is 9.63. The molecule has 0 aliphatic carbocycles. The molecule has 0 bridgehead atoms. The second kappa shape index (κ2) is 6.33. The maximum Gasteiger partial charge on any atom is 0.322 e. The van der Waals surface area contributed by atoms with E-state index in [1.54, 1.807) is 17.2 Å². The summed E-state index contributed by atoms with van der Waals surface area (Å²) in [6, 6.07) is 5.49. The van der Waals surface area contributed by atoms with E-state index in [0.717, 1.165) is 17.1 Å². The van der Waals surface area contributed by atoms with Gasteiger partial charge in [0, 0.05) is 22.9 Å². The van der Waals surface area contributed by atoms with Crippen molar-refractivity contribution >= 4 is 21.7 Å². The van der Waals surface area contributed by atoms with Gasteiger partial charge in [-0.2, -0.15) is 0 Å². The molecule has 0 atom stereocenters. The van der Waals surface area contributed by atoms with Crippen LogP contribution < -0.4 is 10.5 Å². The van der Waals surface area contributed by atoms with Crippen LogP contribution >= 0.6 is 0 Å². The Kier molecular flexibility index (Phi) is 4.45. The molecule has 0 unspecified atom stereocenters. The molecule has 1 aliphatic heterocycles. The maximum atomic E-state index is 12.5. The van der Waals surface area contributed by atoms with Gasteiger partial charge in [0.15, 0.2) is 0 Å². The zero-order chi connectivity index (χ0) is 19.1. The van der Waals surface area contributed by atoms with E-state index in [4.69, 9.17) is 5.14 Å². The van der Waals surface area contributed by atoms with Crippen molar-refractivity contribution in [3.05, 3.63) is 47.5 Å². The number of rotatable bonds is 2. The highest BCUT2D eigenvalue weighted by Crippen LogP contribution is 2.25. The van der Waals surface area contributed by atoms with Crippen molar-refractivity contribution in [3.63, 3.8) is 0 Å². The van der Waals surface area contributed by atoms with Gasteiger partial charge < -0.3 is 10.2 Å². The minimum absolute atomic E-state index is 0.0549. The molecule has 1 aliphatic rings. The Morgan fingerprint density at radius 2 is 2.00 bits per heavy atom. The van der Waals surface area contributed by atoms with E-state index in [9.17, 15) is 13.2 Å². The molecule has 1 aromatic heterocycles. The van der Waals surface area contributed by atoms with Gasteiger partial charge in [-0.15, -0.1) is 0 Å². The number of fused-ring (bicyclic) bond motifs is 1. The highest BCUT2D eigenvalue weighted by atomic mass is 32.2. The number of hydrogen-bond acceptors (Lipinski definition) is 5. The molecule has 9 heteroatoms. The van der Waals surface area contributed by atoms with Crippen molar-refractivity contribution in [2.24, 2.45) is 5.14 Å². The van der Waals surface area contributed by atoms with E-state index in [1.807, 2.05) is 20.8 Å². The number of primary sulfonamides is 1. The van der Waals surface area contributed by atoms with Crippen LogP contribution in [0.1, 0.15) is 37.9 Å². The van der Waals surface area contributed by atoms with Crippen LogP contribution in [-0.4, -0.2) is 29.3 Å². The van der Waals surface area contributed by atoms with Gasteiger partial charge in [0.05, 0.1) is 23.7 Å². The predicted molar refractivity (Wildman–Crippen MR) is 96.8 cm³/mol. The lowest BCUT2D eigenvalue weighted by atomic mass is 9.95. The Morgan fingerprint density at radius 1 is 1.27 bits per heavy atom. The van der Waals surface area contributed by atoms with Crippen LogP contribution in [0.15, 0.2) is 35.4 Å². The Hall–Kier alpha value is -2.52. The van der Waals surface area contributed by atoms with E-state index in [-0.39, 0.29) is 16.3 Å². The smallest absolute Gasteiger partial charge is 0.314 e. The molecule has 2 amide bonds. The number of hydrogen-bond donors (Lipinski definition) is 2. The molecule has 0 saturated carbocycles. The van der Waals surface area contributed by atoms with Crippen LogP contribution in [0.4, 0.5) is 10.5 Å². The molecule has 3 rings (SSSR count). The van der Waals surface area contributed by atoms with Gasteiger partial charge in [-0.1, -0.05) is 26.8 Å². The first-order valence-electron chi connectivity index (χ1n) is 8.08. The predicted octanol–water partition coefficient (Wildman–Crippen LogP) is 1.97. The zero-order valence-corrected chi connectivity index (χ0v) is 15.7. The number of amides is 2. The lowest BCUT2D eigenvalue weighted by molar-refractivity contribution is 0.212. The number of sulfonamides is 1. The summed E-state index contributed by atoms with van der Waals surface area (Å²) >= 11 is 0. The Morgan fingerprint density at radius 3 is 2.65 bits per heavy atom. The molecule has 8 nitrogen and oxygen atoms in total. The summed E-state index contributed by atoms with van der Waals surface area (Å²) < 4.78 is 22.9. The van der Waals surface area contributed by atoms with Gasteiger partial charge in [-0.25, -0.2) is 28.3 Å². The minimum Gasteiger partial charge on any atom is -0.314 e. The lowest BCUT2D eigenvalue weighted by Gasteiger charge is -2.17. The molecule has 1 aromatic carbocycles. The summed E-state index contributed by atoms with van der Waals surface area (Å²) in [6.07, 6.45) is 1.76. The molecule has 26 heavy (non-hydrogen) atoms. The number of aromatic nitrogens is 2. The standard InChI is InChI=1S/C17H21N5O3S/c1-17(2,3)15-19-8-11-9-22(10-14(11)21-15)16(23)20-12-5-4-6-13(7-12)26(18,24)25/h4-8H,9-10H2,1-3H3,(H,20,23)(H2,18,24,25). The molecular formula is C17H21N5O3S. The molecule has 3 N–H and O–H groups in total. The van der Waals surface area contributed by atoms with E-state index < -0.39 is 10.0 Å². The molecule has 0 saturated heterocycles. The number of carbonyl (C=O) groups excluding carboxylic acids is 1. The largest absolute Gasteiger partial charge is 0.322 e. The van der Waals surface area contributed by atoms with E-state index >= 15 is 0 Å². The molecule has 2 aromatic rings. The molecule has 2 heterocycles. The molecule has 0 fully saturated rings. The maximum absolute atomic E-state index is 12.5. The van der Waals surface area contributed by atoms with Gasteiger partial charge in [-0.05, 0) is 18.2 Å². The van der Waals surface area contributed by atoms with Crippen LogP contribution in [0.2, 0.25) is 0 Å². The van der Waals surface area contributed by atoms with Gasteiger partial charge in [0.2, 0.25) is 10.0 Å². The lowest BCUT2D eigenvalue weighted by Crippen LogP contribution is -2.30. The third-order valence-corrected chi connectivity index (χ3v) is 4.94. The number of benzene rings is 1. The SMILES string of the molecule is CC(C)(C)c1ncc2c(n1)CN(C(=O)Nc1cccc(S(N)(=O)=O)c1)C2. The van der Waals surface area contributed by atoms with Crippen LogP contribution in [0.3, 0.4) is 0 Å². The summed E-state index contributed by atoms with van der Waals surface area (Å²) in [7, 11) is -3.83. The molecule has 0 spiro atoms. The molecule has 0 radical (unpaired) electrons. The van der Waals surface area contributed by atoms with Gasteiger partial charge in [0.1, 0.15) is 5.82 Å². The van der Waals surface area contributed by atoms with Crippen LogP contribution in [0.5, 0.6) is 0 Å². The van der Waals surface area contributed by atoms with Crippen molar-refractivity contribution in [3.8, 4) is 0 Å². The first kappa shape index (κ1) is 18.3. The van der Waals surface area contributed by atoms with Gasteiger partial charge >= 0.3 is 6.03 Å². The van der Waals surface area contributed by atoms with Crippen LogP contribution in [0, 0.1) is 0 Å². The summed E-state index contributed by atoms with van der Waals surface area (Å²) in [5.41, 5.74) is 1.93. The number of nitrogens with two attached hydrogens (primary N) is 1. The van der Waals surface area contributed by atoms with Crippen molar-refractivity contribution in [2.45, 2.75) is 44.2 Å². The van der Waals surface area contributed by atoms with Crippen molar-refractivity contribution < 1.29 is 13.2 Å². The van der Waals surface area contributed by atoms with Gasteiger partial charge in [0.25, 0.3) is 0 Å². The number of urea groups is 1. The Balaban J connectivity index is 1.74. The summed E-state index contributed by atoms with van der Waals surface area (Å²) in [5.74, 6) is 0.736. The Bertz CT molecular complexity index is 967. The zero-order valence-electron chi connectivity index (χ0n) is 14.9. The monoisotopic (exact) mass is 375 g/mol. The third-order valence-electron chi connectivity index (χ3n) is 4.03. The van der Waals surface area contributed by atoms with Gasteiger partial charge in [-0.3, -0.25) is 0 Å². The van der Waals surface area contributed by atoms with Crippen LogP contribution in [0.25, 0.3) is 0 Å². The number of nitrogens with zero attached hydrogens (tertiary/aromatic N) is 3. The number of anilines is 1. The normalized spacial score (nSPS) is 14.2. The summed E-state index contributed by atoms with van der Waals surface area (Å²) in [4.78, 5) is 23.0. The van der Waals surface area contributed by atoms with Crippen molar-refractivity contribution in [1.82, 2.24) is 14.9 Å².